The Labute approximate surface area is 195 Å². The summed E-state index contributed by atoms with van der Waals surface area (Å²) >= 11 is 0. The maximum Gasteiger partial charge on any atom is 0.264 e. The van der Waals surface area contributed by atoms with E-state index in [1.165, 1.54) is 26.0 Å². The fraction of sp³-hybridized carbons (Fsp3) is 0.269. The number of aliphatic hydroxyl groups excluding tert-OH is 1. The van der Waals surface area contributed by atoms with Crippen LogP contribution in [0.4, 0.5) is 0 Å². The Bertz CT molecular complexity index is 1350. The van der Waals surface area contributed by atoms with E-state index < -0.39 is 34.4 Å². The summed E-state index contributed by atoms with van der Waals surface area (Å²) in [7, 11) is 0. The fourth-order valence-electron chi connectivity index (χ4n) is 4.86. The maximum absolute atomic E-state index is 13.8. The number of aliphatic hydroxyl groups is 1. The molecule has 0 aromatic heterocycles. The molecule has 2 aromatic carbocycles. The number of carbonyl (C=O) groups excluding carboxylic acids is 3. The van der Waals surface area contributed by atoms with Crippen molar-refractivity contribution in [2.24, 2.45) is 0 Å². The minimum absolute atomic E-state index is 0.0194. The van der Waals surface area contributed by atoms with Gasteiger partial charge in [-0.05, 0) is 33.3 Å². The quantitative estimate of drug-likeness (QED) is 0.671. The Morgan fingerprint density at radius 2 is 1.76 bits per heavy atom. The molecule has 0 spiro atoms. The number of aromatic hydroxyl groups is 1. The van der Waals surface area contributed by atoms with Gasteiger partial charge in [0.15, 0.2) is 23.0 Å². The van der Waals surface area contributed by atoms with Crippen LogP contribution in [0.2, 0.25) is 0 Å². The van der Waals surface area contributed by atoms with Crippen molar-refractivity contribution in [3.05, 3.63) is 76.3 Å². The highest BCUT2D eigenvalue weighted by atomic mass is 16.5. The number of ketones is 2. The molecule has 0 bridgehead atoms. The van der Waals surface area contributed by atoms with Crippen LogP contribution >= 0.6 is 0 Å². The average Bonchev–Trinajstić information content (AvgIpc) is 3.05. The van der Waals surface area contributed by atoms with Crippen LogP contribution in [0.15, 0.2) is 59.6 Å². The van der Waals surface area contributed by atoms with Gasteiger partial charge >= 0.3 is 0 Å². The number of phenols is 1. The highest BCUT2D eigenvalue weighted by Crippen LogP contribution is 2.57. The summed E-state index contributed by atoms with van der Waals surface area (Å²) in [6, 6.07) is 10.7. The molecular formula is C26H23NO7. The maximum atomic E-state index is 13.8. The Balaban J connectivity index is 1.68. The summed E-state index contributed by atoms with van der Waals surface area (Å²) in [5.74, 6) is -2.42. The molecule has 0 unspecified atom stereocenters. The van der Waals surface area contributed by atoms with Crippen molar-refractivity contribution < 1.29 is 34.1 Å². The molecule has 8 nitrogen and oxygen atoms in total. The molecular weight excluding hydrogens is 438 g/mol. The number of ether oxygens (including phenoxy) is 2. The van der Waals surface area contributed by atoms with Crippen LogP contribution in [0.5, 0.6) is 17.2 Å². The number of nitrogens with zero attached hydrogens (tertiary/aromatic N) is 1. The second-order valence-electron chi connectivity index (χ2n) is 9.28. The van der Waals surface area contributed by atoms with Gasteiger partial charge in [-0.25, -0.2) is 0 Å². The number of hydrogen-bond acceptors (Lipinski definition) is 7. The molecule has 0 saturated heterocycles. The Kier molecular flexibility index (Phi) is 4.46. The summed E-state index contributed by atoms with van der Waals surface area (Å²) in [4.78, 5) is 40.8. The third-order valence-corrected chi connectivity index (χ3v) is 6.64. The van der Waals surface area contributed by atoms with Gasteiger partial charge in [-0.2, -0.15) is 0 Å². The van der Waals surface area contributed by atoms with E-state index in [4.69, 9.17) is 9.47 Å². The molecule has 2 N–H and O–H groups in total. The molecule has 174 valence electrons. The lowest BCUT2D eigenvalue weighted by molar-refractivity contribution is -0.123. The zero-order chi connectivity index (χ0) is 24.6. The Hall–Kier alpha value is -4.07. The number of fused-ring (bicyclic) bond motifs is 5. The van der Waals surface area contributed by atoms with Crippen molar-refractivity contribution in [2.45, 2.75) is 45.4 Å². The SMILES string of the molecule is CC(=O)C1=C(O)C=C2Oc3c4c(cc(O)c3[C@]2(C)C1=O)OC(C)(C)N(Cc1ccccc1)C4=O. The lowest BCUT2D eigenvalue weighted by atomic mass is 9.71. The van der Waals surface area contributed by atoms with Crippen molar-refractivity contribution in [1.82, 2.24) is 4.90 Å². The summed E-state index contributed by atoms with van der Waals surface area (Å²) < 4.78 is 12.1. The van der Waals surface area contributed by atoms with Gasteiger partial charge in [0.2, 0.25) is 0 Å². The number of allylic oxidation sites excluding steroid dienone is 3. The largest absolute Gasteiger partial charge is 0.507 e. The van der Waals surface area contributed by atoms with E-state index in [1.807, 2.05) is 30.3 Å². The molecule has 1 atom stereocenters. The van der Waals surface area contributed by atoms with Crippen LogP contribution in [0.25, 0.3) is 0 Å². The van der Waals surface area contributed by atoms with Gasteiger partial charge in [-0.1, -0.05) is 30.3 Å². The van der Waals surface area contributed by atoms with Gasteiger partial charge < -0.3 is 19.7 Å². The molecule has 1 amide bonds. The van der Waals surface area contributed by atoms with E-state index in [1.54, 1.807) is 18.7 Å². The first-order valence-electron chi connectivity index (χ1n) is 10.8. The molecule has 1 aliphatic carbocycles. The van der Waals surface area contributed by atoms with E-state index in [0.717, 1.165) is 5.56 Å². The second kappa shape index (κ2) is 6.96. The number of Topliss-reactive ketones (excluding diaryl/α,β-unsaturated/α-hetero) is 2. The lowest BCUT2D eigenvalue weighted by Gasteiger charge is -2.43. The minimum atomic E-state index is -1.58. The predicted molar refractivity (Wildman–Crippen MR) is 121 cm³/mol. The van der Waals surface area contributed by atoms with E-state index in [9.17, 15) is 24.6 Å². The molecule has 0 radical (unpaired) electrons. The monoisotopic (exact) mass is 461 g/mol. The van der Waals surface area contributed by atoms with Gasteiger partial charge in [-0.15, -0.1) is 0 Å². The number of carbonyl (C=O) groups is 3. The van der Waals surface area contributed by atoms with Gasteiger partial charge in [-0.3, -0.25) is 19.3 Å². The standard InChI is InChI=1S/C26H23NO7/c1-13(28)19-15(29)11-18-26(4,23(19)31)21-16(30)10-17-20(22(21)33-18)24(32)27(25(2,3)34-17)12-14-8-6-5-7-9-14/h5-11,29-30H,12H2,1-4H3/t26-/m1/s1. The third-order valence-electron chi connectivity index (χ3n) is 6.64. The first-order valence-corrected chi connectivity index (χ1v) is 10.8. The average molecular weight is 461 g/mol. The Morgan fingerprint density at radius 1 is 1.09 bits per heavy atom. The van der Waals surface area contributed by atoms with Crippen molar-refractivity contribution >= 4 is 17.5 Å². The van der Waals surface area contributed by atoms with E-state index in [-0.39, 0.29) is 46.3 Å². The van der Waals surface area contributed by atoms with Crippen LogP contribution < -0.4 is 9.47 Å². The summed E-state index contributed by atoms with van der Waals surface area (Å²) in [5, 5.41) is 21.2. The summed E-state index contributed by atoms with van der Waals surface area (Å²) in [6.45, 7) is 6.42. The molecule has 5 rings (SSSR count). The van der Waals surface area contributed by atoms with Crippen LogP contribution in [0, 0.1) is 0 Å². The lowest BCUT2D eigenvalue weighted by Crippen LogP contribution is -2.54. The van der Waals surface area contributed by atoms with Crippen molar-refractivity contribution in [3.63, 3.8) is 0 Å². The number of rotatable bonds is 3. The molecule has 0 saturated carbocycles. The molecule has 8 heteroatoms. The van der Waals surface area contributed by atoms with Crippen molar-refractivity contribution in [1.29, 1.82) is 0 Å². The zero-order valence-electron chi connectivity index (χ0n) is 19.1. The number of amides is 1. The normalized spacial score (nSPS) is 22.4. The smallest absolute Gasteiger partial charge is 0.264 e. The molecule has 2 heterocycles. The van der Waals surface area contributed by atoms with Crippen molar-refractivity contribution in [2.75, 3.05) is 0 Å². The van der Waals surface area contributed by atoms with Crippen LogP contribution in [0.1, 0.15) is 49.2 Å². The molecule has 2 aromatic rings. The number of benzene rings is 2. The van der Waals surface area contributed by atoms with Crippen LogP contribution in [-0.4, -0.2) is 38.3 Å². The topological polar surface area (TPSA) is 113 Å². The van der Waals surface area contributed by atoms with Crippen molar-refractivity contribution in [3.8, 4) is 17.2 Å². The van der Waals surface area contributed by atoms with Gasteiger partial charge in [0.05, 0.1) is 5.56 Å². The number of phenolic OH excluding ortho intramolecular Hbond substituents is 1. The number of hydrogen-bond donors (Lipinski definition) is 2. The Morgan fingerprint density at radius 3 is 2.41 bits per heavy atom. The fourth-order valence-corrected chi connectivity index (χ4v) is 4.86. The summed E-state index contributed by atoms with van der Waals surface area (Å²) in [6.07, 6.45) is 1.18. The molecule has 3 aliphatic rings. The zero-order valence-corrected chi connectivity index (χ0v) is 19.1. The van der Waals surface area contributed by atoms with E-state index in [0.29, 0.717) is 0 Å². The first-order chi connectivity index (χ1) is 16.0. The minimum Gasteiger partial charge on any atom is -0.507 e. The van der Waals surface area contributed by atoms with Crippen LogP contribution in [0.3, 0.4) is 0 Å². The predicted octanol–water partition coefficient (Wildman–Crippen LogP) is 3.68. The highest BCUT2D eigenvalue weighted by Gasteiger charge is 2.56. The molecule has 0 fully saturated rings. The van der Waals surface area contributed by atoms with E-state index in [2.05, 4.69) is 0 Å². The molecule has 2 aliphatic heterocycles. The third kappa shape index (κ3) is 2.81. The molecule has 34 heavy (non-hydrogen) atoms. The highest BCUT2D eigenvalue weighted by molar-refractivity contribution is 6.25. The summed E-state index contributed by atoms with van der Waals surface area (Å²) in [5.41, 5.74) is -1.98. The van der Waals surface area contributed by atoms with Gasteiger partial charge in [0.1, 0.15) is 39.6 Å². The van der Waals surface area contributed by atoms with Gasteiger partial charge in [0, 0.05) is 18.7 Å². The van der Waals surface area contributed by atoms with E-state index >= 15 is 0 Å². The second-order valence-corrected chi connectivity index (χ2v) is 9.28. The van der Waals surface area contributed by atoms with Gasteiger partial charge in [0.25, 0.3) is 5.91 Å². The van der Waals surface area contributed by atoms with Crippen LogP contribution in [-0.2, 0) is 21.5 Å². The first kappa shape index (κ1) is 21.8.